The predicted molar refractivity (Wildman–Crippen MR) is 123 cm³/mol. The Morgan fingerprint density at radius 2 is 0.895 bits per heavy atom. The van der Waals surface area contributed by atoms with Crippen molar-refractivity contribution in [3.05, 3.63) is 83.9 Å². The van der Waals surface area contributed by atoms with Gasteiger partial charge in [-0.15, -0.1) is 81.2 Å². The molecule has 0 N–H and O–H groups in total. The fourth-order valence-corrected chi connectivity index (χ4v) is 3.19. The van der Waals surface area contributed by atoms with Gasteiger partial charge < -0.3 is 9.11 Å². The molecule has 204 valence electrons. The van der Waals surface area contributed by atoms with Crippen molar-refractivity contribution in [1.82, 2.24) is 0 Å². The van der Waals surface area contributed by atoms with Crippen LogP contribution in [0.15, 0.2) is 72.8 Å². The van der Waals surface area contributed by atoms with E-state index in [0.29, 0.717) is 0 Å². The Labute approximate surface area is 233 Å². The van der Waals surface area contributed by atoms with Crippen molar-refractivity contribution < 1.29 is 78.5 Å². The molecule has 0 aliphatic carbocycles. The van der Waals surface area contributed by atoms with Crippen LogP contribution in [-0.4, -0.2) is 37.0 Å². The Hall–Kier alpha value is -2.06. The van der Waals surface area contributed by atoms with Crippen molar-refractivity contribution in [2.75, 3.05) is 0 Å². The van der Waals surface area contributed by atoms with E-state index in [-0.39, 0.29) is 31.6 Å². The number of hydrogen-bond acceptors (Lipinski definition) is 6. The van der Waals surface area contributed by atoms with Crippen LogP contribution in [0.4, 0.5) is 26.3 Å². The summed E-state index contributed by atoms with van der Waals surface area (Å²) in [7, 11) is -12.2. The molecule has 6 nitrogen and oxygen atoms in total. The van der Waals surface area contributed by atoms with E-state index in [0.717, 1.165) is 0 Å². The van der Waals surface area contributed by atoms with E-state index >= 15 is 0 Å². The van der Waals surface area contributed by atoms with Gasteiger partial charge in [-0.3, -0.25) is 0 Å². The fraction of sp³-hybridized carbons (Fsp3) is 0.217. The Morgan fingerprint density at radius 3 is 1.13 bits per heavy atom. The molecule has 0 unspecified atom stereocenters. The summed E-state index contributed by atoms with van der Waals surface area (Å²) in [4.78, 5) is 0. The summed E-state index contributed by atoms with van der Waals surface area (Å²) in [5.74, 6) is 0. The zero-order valence-corrected chi connectivity index (χ0v) is 23.6. The maximum Gasteiger partial charge on any atom is 4.00 e. The van der Waals surface area contributed by atoms with E-state index in [2.05, 4.69) is 86.6 Å². The maximum atomic E-state index is 10.7. The molecule has 0 heterocycles. The molecule has 4 aromatic carbocycles. The summed E-state index contributed by atoms with van der Waals surface area (Å²) in [5.41, 5.74) is -8.49. The minimum Gasteiger partial charge on any atom is -0.741 e. The molecule has 0 spiro atoms. The molecule has 0 atom stereocenters. The molecule has 0 saturated heterocycles. The van der Waals surface area contributed by atoms with Gasteiger partial charge in [0.2, 0.25) is 0 Å². The summed E-state index contributed by atoms with van der Waals surface area (Å²) < 4.78 is 118. The third-order valence-electron chi connectivity index (χ3n) is 5.25. The number of halogens is 6. The third-order valence-corrected chi connectivity index (χ3v) is 6.38. The normalized spacial score (nSPS) is 12.7. The van der Waals surface area contributed by atoms with Crippen molar-refractivity contribution in [3.63, 3.8) is 0 Å². The maximum absolute atomic E-state index is 10.7. The number of rotatable bonds is 2. The summed E-state index contributed by atoms with van der Waals surface area (Å²) in [6, 6.07) is 26.5. The Balaban J connectivity index is 0.000000357. The summed E-state index contributed by atoms with van der Waals surface area (Å²) in [5, 5.41) is 5.32. The smallest absolute Gasteiger partial charge is 0.741 e. The van der Waals surface area contributed by atoms with Crippen molar-refractivity contribution in [3.8, 4) is 0 Å². The molecule has 0 radical (unpaired) electrons. The van der Waals surface area contributed by atoms with Crippen LogP contribution in [0.5, 0.6) is 0 Å². The zero-order chi connectivity index (χ0) is 28.4. The Kier molecular flexibility index (Phi) is 10.7. The Morgan fingerprint density at radius 1 is 0.632 bits per heavy atom. The monoisotopic (exact) mass is 658 g/mol. The van der Waals surface area contributed by atoms with Crippen LogP contribution in [0.25, 0.3) is 21.5 Å². The van der Waals surface area contributed by atoms with E-state index in [9.17, 15) is 26.3 Å². The van der Waals surface area contributed by atoms with Crippen LogP contribution in [0.3, 0.4) is 0 Å². The van der Waals surface area contributed by atoms with Gasteiger partial charge in [-0.25, -0.2) is 16.8 Å². The van der Waals surface area contributed by atoms with Crippen LogP contribution in [0.2, 0.25) is 0 Å². The molecule has 4 aromatic rings. The van der Waals surface area contributed by atoms with Gasteiger partial charge in [0.15, 0.2) is 20.2 Å². The molecular formula is C23H18F6O6S2Zr. The van der Waals surface area contributed by atoms with Crippen molar-refractivity contribution in [2.24, 2.45) is 0 Å². The zero-order valence-electron chi connectivity index (χ0n) is 19.5. The molecule has 0 aliphatic rings. The summed E-state index contributed by atoms with van der Waals surface area (Å²) in [6.07, 6.45) is 0. The molecule has 0 bridgehead atoms. The second kappa shape index (κ2) is 12.0. The molecule has 15 heteroatoms. The second-order valence-corrected chi connectivity index (χ2v) is 10.9. The second-order valence-electron chi connectivity index (χ2n) is 8.17. The standard InChI is InChI=1S/C21H18.2CHF3O3S.Zr/c1-21(2,19-11-15-7-3-4-8-16(15)12-19)20-13-17-9-5-6-10-18(17)14-20;2*2-1(3,4)8(5,6)7;/h3-14H,1-2H3;2*(H,5,6,7);/q-2;;;+4/p-2. The van der Waals surface area contributed by atoms with E-state index in [4.69, 9.17) is 25.9 Å². The van der Waals surface area contributed by atoms with Crippen molar-refractivity contribution >= 4 is 41.8 Å². The van der Waals surface area contributed by atoms with Crippen LogP contribution in [0.1, 0.15) is 25.0 Å². The van der Waals surface area contributed by atoms with Crippen LogP contribution in [0, 0.1) is 0 Å². The van der Waals surface area contributed by atoms with Gasteiger partial charge in [-0.2, -0.15) is 38.5 Å². The predicted octanol–water partition coefficient (Wildman–Crippen LogP) is 5.86. The molecule has 0 saturated carbocycles. The minimum atomic E-state index is -6.09. The molecule has 0 aromatic heterocycles. The number of alkyl halides is 6. The van der Waals surface area contributed by atoms with Gasteiger partial charge in [0.05, 0.1) is 0 Å². The first kappa shape index (κ1) is 34.0. The van der Waals surface area contributed by atoms with Gasteiger partial charge in [-0.1, -0.05) is 26.0 Å². The van der Waals surface area contributed by atoms with E-state index in [1.165, 1.54) is 32.7 Å². The number of fused-ring (bicyclic) bond motifs is 2. The number of benzene rings is 2. The van der Waals surface area contributed by atoms with Gasteiger partial charge >= 0.3 is 37.2 Å². The first-order valence-corrected chi connectivity index (χ1v) is 12.8. The SMILES string of the molecule is CC(C)(c1cc2ccccc2[cH-]1)c1cc2ccccc2[cH-]1.O=S(=O)([O-])C(F)(F)F.O=S(=O)([O-])C(F)(F)F.[Zr+4]. The molecule has 38 heavy (non-hydrogen) atoms. The van der Waals surface area contributed by atoms with Gasteiger partial charge in [0.1, 0.15) is 0 Å². The first-order chi connectivity index (χ1) is 16.6. The average Bonchev–Trinajstić information content (AvgIpc) is 3.37. The van der Waals surface area contributed by atoms with Crippen molar-refractivity contribution in [2.45, 2.75) is 30.3 Å². The van der Waals surface area contributed by atoms with Gasteiger partial charge in [-0.05, 0) is 5.41 Å². The summed E-state index contributed by atoms with van der Waals surface area (Å²) >= 11 is 0. The van der Waals surface area contributed by atoms with E-state index in [1.807, 2.05) is 0 Å². The topological polar surface area (TPSA) is 114 Å². The van der Waals surface area contributed by atoms with Crippen LogP contribution < -0.4 is 0 Å². The Bertz CT molecular complexity index is 1400. The molecule has 0 aliphatic heterocycles. The molecule has 4 rings (SSSR count). The quantitative estimate of drug-likeness (QED) is 0.115. The molecular weight excluding hydrogens is 642 g/mol. The van der Waals surface area contributed by atoms with Crippen LogP contribution in [-0.2, 0) is 51.9 Å². The average molecular weight is 660 g/mol. The fourth-order valence-electron chi connectivity index (χ4n) is 3.19. The van der Waals surface area contributed by atoms with Gasteiger partial charge in [0.25, 0.3) is 0 Å². The first-order valence-electron chi connectivity index (χ1n) is 10.0. The summed E-state index contributed by atoms with van der Waals surface area (Å²) in [6.45, 7) is 4.63. The van der Waals surface area contributed by atoms with E-state index in [1.54, 1.807) is 0 Å². The van der Waals surface area contributed by atoms with Crippen LogP contribution >= 0.6 is 0 Å². The van der Waals surface area contributed by atoms with E-state index < -0.39 is 31.3 Å². The molecule has 0 amide bonds. The largest absolute Gasteiger partial charge is 4.00 e. The number of hydrogen-bond donors (Lipinski definition) is 0. The van der Waals surface area contributed by atoms with Crippen molar-refractivity contribution in [1.29, 1.82) is 0 Å². The third kappa shape index (κ3) is 8.47. The van der Waals surface area contributed by atoms with Gasteiger partial charge in [0, 0.05) is 0 Å². The minimum absolute atomic E-state index is 0. The molecule has 0 fully saturated rings.